The fourth-order valence-electron chi connectivity index (χ4n) is 2.75. The molecule has 2 unspecified atom stereocenters. The second kappa shape index (κ2) is 4.52. The number of anilines is 2. The standard InChI is InChI=1S/C14H18N2O2/c1-9-2-3-10(6-9)15-11-4-5-13-12(7-11)16-14(17)8-18-13/h4-5,7,9-10,15H,2-3,6,8H2,1H3,(H,16,17). The SMILES string of the molecule is CC1CCC(Nc2ccc3c(c2)NC(=O)CO3)C1. The summed E-state index contributed by atoms with van der Waals surface area (Å²) in [7, 11) is 0. The average molecular weight is 246 g/mol. The van der Waals surface area contributed by atoms with Gasteiger partial charge in [0.2, 0.25) is 0 Å². The summed E-state index contributed by atoms with van der Waals surface area (Å²) in [5.41, 5.74) is 1.82. The maximum absolute atomic E-state index is 11.3. The minimum absolute atomic E-state index is 0.0888. The first-order chi connectivity index (χ1) is 8.70. The molecule has 1 fully saturated rings. The quantitative estimate of drug-likeness (QED) is 0.843. The van der Waals surface area contributed by atoms with Gasteiger partial charge in [-0.25, -0.2) is 0 Å². The van der Waals surface area contributed by atoms with Crippen LogP contribution in [0, 0.1) is 5.92 Å². The van der Waals surface area contributed by atoms with E-state index in [-0.39, 0.29) is 12.5 Å². The van der Waals surface area contributed by atoms with Gasteiger partial charge in [0.25, 0.3) is 5.91 Å². The van der Waals surface area contributed by atoms with Crippen molar-refractivity contribution in [2.24, 2.45) is 5.92 Å². The number of hydrogen-bond donors (Lipinski definition) is 2. The molecule has 1 aliphatic heterocycles. The number of rotatable bonds is 2. The number of ether oxygens (including phenoxy) is 1. The summed E-state index contributed by atoms with van der Waals surface area (Å²) in [6.45, 7) is 2.41. The van der Waals surface area contributed by atoms with Crippen molar-refractivity contribution in [3.05, 3.63) is 18.2 Å². The molecule has 2 N–H and O–H groups in total. The number of carbonyl (C=O) groups is 1. The van der Waals surface area contributed by atoms with Crippen LogP contribution in [-0.2, 0) is 4.79 Å². The van der Waals surface area contributed by atoms with E-state index >= 15 is 0 Å². The molecule has 1 aromatic carbocycles. The van der Waals surface area contributed by atoms with Crippen molar-refractivity contribution >= 4 is 17.3 Å². The maximum atomic E-state index is 11.3. The van der Waals surface area contributed by atoms with E-state index in [1.54, 1.807) is 0 Å². The van der Waals surface area contributed by atoms with Crippen molar-refractivity contribution in [2.45, 2.75) is 32.2 Å². The van der Waals surface area contributed by atoms with Crippen LogP contribution in [0.4, 0.5) is 11.4 Å². The molecule has 0 saturated heterocycles. The predicted octanol–water partition coefficient (Wildman–Crippen LogP) is 2.62. The van der Waals surface area contributed by atoms with E-state index < -0.39 is 0 Å². The summed E-state index contributed by atoms with van der Waals surface area (Å²) in [6, 6.07) is 6.43. The highest BCUT2D eigenvalue weighted by Gasteiger charge is 2.22. The van der Waals surface area contributed by atoms with E-state index in [1.807, 2.05) is 18.2 Å². The van der Waals surface area contributed by atoms with Crippen molar-refractivity contribution in [1.29, 1.82) is 0 Å². The number of benzene rings is 1. The van der Waals surface area contributed by atoms with Crippen molar-refractivity contribution in [3.8, 4) is 5.75 Å². The van der Waals surface area contributed by atoms with Gasteiger partial charge in [0.05, 0.1) is 5.69 Å². The van der Waals surface area contributed by atoms with Crippen LogP contribution in [0.15, 0.2) is 18.2 Å². The van der Waals surface area contributed by atoms with E-state index in [2.05, 4.69) is 17.6 Å². The van der Waals surface area contributed by atoms with Crippen LogP contribution in [0.1, 0.15) is 26.2 Å². The Labute approximate surface area is 107 Å². The maximum Gasteiger partial charge on any atom is 0.262 e. The molecule has 3 rings (SSSR count). The van der Waals surface area contributed by atoms with Gasteiger partial charge in [-0.15, -0.1) is 0 Å². The van der Waals surface area contributed by atoms with Gasteiger partial charge in [-0.3, -0.25) is 4.79 Å². The van der Waals surface area contributed by atoms with Crippen LogP contribution < -0.4 is 15.4 Å². The van der Waals surface area contributed by atoms with Crippen LogP contribution in [-0.4, -0.2) is 18.6 Å². The van der Waals surface area contributed by atoms with Crippen LogP contribution in [0.3, 0.4) is 0 Å². The Kier molecular flexibility index (Phi) is 2.86. The Bertz CT molecular complexity index is 473. The normalized spacial score (nSPS) is 26.2. The van der Waals surface area contributed by atoms with Crippen LogP contribution >= 0.6 is 0 Å². The van der Waals surface area contributed by atoms with Gasteiger partial charge < -0.3 is 15.4 Å². The fraction of sp³-hybridized carbons (Fsp3) is 0.500. The van der Waals surface area contributed by atoms with Crippen molar-refractivity contribution in [1.82, 2.24) is 0 Å². The van der Waals surface area contributed by atoms with Crippen molar-refractivity contribution in [2.75, 3.05) is 17.2 Å². The van der Waals surface area contributed by atoms with Gasteiger partial charge >= 0.3 is 0 Å². The second-order valence-electron chi connectivity index (χ2n) is 5.31. The van der Waals surface area contributed by atoms with Gasteiger partial charge in [-0.05, 0) is 43.4 Å². The summed E-state index contributed by atoms with van der Waals surface area (Å²) in [5, 5.41) is 6.36. The first-order valence-corrected chi connectivity index (χ1v) is 6.54. The zero-order valence-electron chi connectivity index (χ0n) is 10.5. The van der Waals surface area contributed by atoms with Crippen molar-refractivity contribution in [3.63, 3.8) is 0 Å². The summed E-state index contributed by atoms with van der Waals surface area (Å²) in [6.07, 6.45) is 3.74. The lowest BCUT2D eigenvalue weighted by Gasteiger charge is -2.20. The number of carbonyl (C=O) groups excluding carboxylic acids is 1. The Morgan fingerprint density at radius 1 is 1.39 bits per heavy atom. The van der Waals surface area contributed by atoms with Gasteiger partial charge in [0.15, 0.2) is 6.61 Å². The summed E-state index contributed by atoms with van der Waals surface area (Å²) in [4.78, 5) is 11.3. The molecule has 0 aromatic heterocycles. The largest absolute Gasteiger partial charge is 0.482 e. The van der Waals surface area contributed by atoms with E-state index in [0.717, 1.165) is 23.0 Å². The zero-order valence-corrected chi connectivity index (χ0v) is 10.5. The highest BCUT2D eigenvalue weighted by atomic mass is 16.5. The number of amides is 1. The van der Waals surface area contributed by atoms with E-state index in [9.17, 15) is 4.79 Å². The highest BCUT2D eigenvalue weighted by Crippen LogP contribution is 2.32. The molecule has 4 nitrogen and oxygen atoms in total. The molecule has 1 saturated carbocycles. The smallest absolute Gasteiger partial charge is 0.262 e. The van der Waals surface area contributed by atoms with Gasteiger partial charge in [-0.2, -0.15) is 0 Å². The summed E-state index contributed by atoms with van der Waals surface area (Å²) >= 11 is 0. The van der Waals surface area contributed by atoms with Gasteiger partial charge in [0.1, 0.15) is 5.75 Å². The third-order valence-electron chi connectivity index (χ3n) is 3.68. The minimum atomic E-state index is -0.0888. The third-order valence-corrected chi connectivity index (χ3v) is 3.68. The molecule has 2 atom stereocenters. The number of nitrogens with one attached hydrogen (secondary N) is 2. The van der Waals surface area contributed by atoms with Crippen LogP contribution in [0.25, 0.3) is 0 Å². The fourth-order valence-corrected chi connectivity index (χ4v) is 2.75. The lowest BCUT2D eigenvalue weighted by atomic mass is 10.1. The molecule has 4 heteroatoms. The average Bonchev–Trinajstić information content (AvgIpc) is 2.74. The van der Waals surface area contributed by atoms with Crippen molar-refractivity contribution < 1.29 is 9.53 Å². The topological polar surface area (TPSA) is 50.4 Å². The summed E-state index contributed by atoms with van der Waals surface area (Å²) < 4.78 is 5.34. The lowest BCUT2D eigenvalue weighted by Crippen LogP contribution is -2.25. The lowest BCUT2D eigenvalue weighted by molar-refractivity contribution is -0.118. The van der Waals surface area contributed by atoms with E-state index in [1.165, 1.54) is 19.3 Å². The molecule has 2 aliphatic rings. The minimum Gasteiger partial charge on any atom is -0.482 e. The molecule has 1 amide bonds. The second-order valence-corrected chi connectivity index (χ2v) is 5.31. The molecule has 0 bridgehead atoms. The first kappa shape index (κ1) is 11.4. The molecular weight excluding hydrogens is 228 g/mol. The molecule has 1 heterocycles. The first-order valence-electron chi connectivity index (χ1n) is 6.54. The molecule has 0 spiro atoms. The Morgan fingerprint density at radius 3 is 3.06 bits per heavy atom. The van der Waals surface area contributed by atoms with Gasteiger partial charge in [0, 0.05) is 11.7 Å². The third kappa shape index (κ3) is 2.28. The monoisotopic (exact) mass is 246 g/mol. The Hall–Kier alpha value is -1.71. The zero-order chi connectivity index (χ0) is 12.5. The number of fused-ring (bicyclic) bond motifs is 1. The molecule has 1 aromatic rings. The highest BCUT2D eigenvalue weighted by molar-refractivity contribution is 5.96. The molecule has 18 heavy (non-hydrogen) atoms. The van der Waals surface area contributed by atoms with E-state index in [4.69, 9.17) is 4.74 Å². The molecule has 0 radical (unpaired) electrons. The Morgan fingerprint density at radius 2 is 2.28 bits per heavy atom. The number of hydrogen-bond acceptors (Lipinski definition) is 3. The molecule has 96 valence electrons. The van der Waals surface area contributed by atoms with E-state index in [0.29, 0.717) is 6.04 Å². The molecular formula is C14H18N2O2. The van der Waals surface area contributed by atoms with Gasteiger partial charge in [-0.1, -0.05) is 6.92 Å². The Balaban J connectivity index is 1.73. The molecule has 1 aliphatic carbocycles. The predicted molar refractivity (Wildman–Crippen MR) is 71.0 cm³/mol. The summed E-state index contributed by atoms with van der Waals surface area (Å²) in [5.74, 6) is 1.47. The van der Waals surface area contributed by atoms with Crippen LogP contribution in [0.2, 0.25) is 0 Å². The van der Waals surface area contributed by atoms with Crippen LogP contribution in [0.5, 0.6) is 5.75 Å².